The van der Waals surface area contributed by atoms with Crippen LogP contribution in [-0.2, 0) is 0 Å². The maximum absolute atomic E-state index is 6.09. The highest BCUT2D eigenvalue weighted by Crippen LogP contribution is 2.30. The van der Waals surface area contributed by atoms with Crippen LogP contribution in [0.1, 0.15) is 5.69 Å². The molecular weight excluding hydrogens is 268 g/mol. The summed E-state index contributed by atoms with van der Waals surface area (Å²) in [5.74, 6) is 0. The minimum absolute atomic E-state index is 0.666. The molecule has 0 radical (unpaired) electrons. The zero-order valence-corrected chi connectivity index (χ0v) is 11.1. The molecule has 0 aliphatic rings. The van der Waals surface area contributed by atoms with Gasteiger partial charge < -0.3 is 5.32 Å². The van der Waals surface area contributed by atoms with Crippen LogP contribution in [0.5, 0.6) is 0 Å². The van der Waals surface area contributed by atoms with Crippen LogP contribution in [-0.4, -0.2) is 15.0 Å². The molecule has 0 saturated heterocycles. The van der Waals surface area contributed by atoms with E-state index in [-0.39, 0.29) is 0 Å². The summed E-state index contributed by atoms with van der Waals surface area (Å²) >= 11 is 7.57. The second-order valence-electron chi connectivity index (χ2n) is 3.74. The molecule has 3 rings (SSSR count). The molecule has 2 aromatic heterocycles. The lowest BCUT2D eigenvalue weighted by Crippen LogP contribution is -1.90. The fourth-order valence-electron chi connectivity index (χ4n) is 1.60. The number of nitrogens with one attached hydrogen (secondary N) is 1. The van der Waals surface area contributed by atoms with E-state index in [1.165, 1.54) is 11.3 Å². The Morgan fingerprint density at radius 3 is 2.83 bits per heavy atom. The van der Waals surface area contributed by atoms with Crippen molar-refractivity contribution in [2.24, 2.45) is 0 Å². The van der Waals surface area contributed by atoms with Gasteiger partial charge in [-0.25, -0.2) is 15.0 Å². The fourth-order valence-corrected chi connectivity index (χ4v) is 2.65. The lowest BCUT2D eigenvalue weighted by Gasteiger charge is -2.03. The number of para-hydroxylation sites is 1. The SMILES string of the molecule is Cc1ncnc2sc(Nc3ccccc3Cl)nc12. The molecule has 0 atom stereocenters. The normalized spacial score (nSPS) is 10.8. The Labute approximate surface area is 113 Å². The molecule has 2 heterocycles. The minimum Gasteiger partial charge on any atom is -0.330 e. The Kier molecular flexibility index (Phi) is 2.85. The van der Waals surface area contributed by atoms with Gasteiger partial charge in [-0.05, 0) is 19.1 Å². The van der Waals surface area contributed by atoms with E-state index in [2.05, 4.69) is 20.3 Å². The molecule has 0 fully saturated rings. The summed E-state index contributed by atoms with van der Waals surface area (Å²) in [5.41, 5.74) is 2.55. The van der Waals surface area contributed by atoms with E-state index in [1.54, 1.807) is 6.33 Å². The van der Waals surface area contributed by atoms with Gasteiger partial charge in [0.1, 0.15) is 16.7 Å². The number of thiazole rings is 1. The van der Waals surface area contributed by atoms with Crippen molar-refractivity contribution in [1.29, 1.82) is 0 Å². The molecule has 0 amide bonds. The van der Waals surface area contributed by atoms with E-state index in [9.17, 15) is 0 Å². The number of anilines is 2. The molecule has 4 nitrogen and oxygen atoms in total. The third-order valence-electron chi connectivity index (χ3n) is 2.49. The third-order valence-corrected chi connectivity index (χ3v) is 3.70. The monoisotopic (exact) mass is 276 g/mol. The first kappa shape index (κ1) is 11.4. The Bertz CT molecular complexity index is 710. The smallest absolute Gasteiger partial charge is 0.189 e. The maximum atomic E-state index is 6.09. The molecule has 0 aliphatic carbocycles. The van der Waals surface area contributed by atoms with Crippen LogP contribution in [0.4, 0.5) is 10.8 Å². The van der Waals surface area contributed by atoms with Gasteiger partial charge in [-0.1, -0.05) is 35.1 Å². The highest BCUT2D eigenvalue weighted by molar-refractivity contribution is 7.21. The summed E-state index contributed by atoms with van der Waals surface area (Å²) in [4.78, 5) is 13.7. The molecule has 1 aromatic carbocycles. The topological polar surface area (TPSA) is 50.7 Å². The first-order chi connectivity index (χ1) is 8.74. The third kappa shape index (κ3) is 2.02. The van der Waals surface area contributed by atoms with E-state index < -0.39 is 0 Å². The van der Waals surface area contributed by atoms with Crippen LogP contribution in [0.25, 0.3) is 10.3 Å². The predicted octanol–water partition coefficient (Wildman–Crippen LogP) is 3.79. The molecule has 90 valence electrons. The predicted molar refractivity (Wildman–Crippen MR) is 74.7 cm³/mol. The minimum atomic E-state index is 0.666. The number of aryl methyl sites for hydroxylation is 1. The van der Waals surface area contributed by atoms with Crippen molar-refractivity contribution in [2.75, 3.05) is 5.32 Å². The van der Waals surface area contributed by atoms with Crippen LogP contribution in [0.2, 0.25) is 5.02 Å². The van der Waals surface area contributed by atoms with E-state index in [1.807, 2.05) is 31.2 Å². The Morgan fingerprint density at radius 1 is 1.22 bits per heavy atom. The van der Waals surface area contributed by atoms with E-state index in [0.717, 1.165) is 26.9 Å². The first-order valence-electron chi connectivity index (χ1n) is 5.34. The van der Waals surface area contributed by atoms with Crippen LogP contribution >= 0.6 is 22.9 Å². The van der Waals surface area contributed by atoms with Gasteiger partial charge in [-0.3, -0.25) is 0 Å². The van der Waals surface area contributed by atoms with Crippen LogP contribution in [0.15, 0.2) is 30.6 Å². The van der Waals surface area contributed by atoms with E-state index in [0.29, 0.717) is 5.02 Å². The van der Waals surface area contributed by atoms with E-state index >= 15 is 0 Å². The molecule has 1 N–H and O–H groups in total. The maximum Gasteiger partial charge on any atom is 0.189 e. The number of rotatable bonds is 2. The van der Waals surface area contributed by atoms with Gasteiger partial charge in [0.05, 0.1) is 16.4 Å². The second-order valence-corrected chi connectivity index (χ2v) is 5.12. The lowest BCUT2D eigenvalue weighted by molar-refractivity contribution is 1.14. The van der Waals surface area contributed by atoms with Crippen molar-refractivity contribution in [1.82, 2.24) is 15.0 Å². The average Bonchev–Trinajstić information content (AvgIpc) is 2.76. The Hall–Kier alpha value is -1.72. The highest BCUT2D eigenvalue weighted by atomic mass is 35.5. The zero-order chi connectivity index (χ0) is 12.5. The number of hydrogen-bond donors (Lipinski definition) is 1. The van der Waals surface area contributed by atoms with Crippen LogP contribution in [0, 0.1) is 6.92 Å². The number of fused-ring (bicyclic) bond motifs is 1. The number of benzene rings is 1. The fraction of sp³-hybridized carbons (Fsp3) is 0.0833. The van der Waals surface area contributed by atoms with Crippen molar-refractivity contribution in [3.63, 3.8) is 0 Å². The molecule has 0 bridgehead atoms. The summed E-state index contributed by atoms with van der Waals surface area (Å²) in [6.07, 6.45) is 1.55. The van der Waals surface area contributed by atoms with Gasteiger partial charge in [0.25, 0.3) is 0 Å². The van der Waals surface area contributed by atoms with Gasteiger partial charge in [-0.2, -0.15) is 0 Å². The zero-order valence-electron chi connectivity index (χ0n) is 9.51. The van der Waals surface area contributed by atoms with Crippen LogP contribution in [0.3, 0.4) is 0 Å². The van der Waals surface area contributed by atoms with Crippen molar-refractivity contribution >= 4 is 44.1 Å². The molecule has 0 aliphatic heterocycles. The van der Waals surface area contributed by atoms with Gasteiger partial charge in [0.2, 0.25) is 0 Å². The number of hydrogen-bond acceptors (Lipinski definition) is 5. The number of aromatic nitrogens is 3. The average molecular weight is 277 g/mol. The summed E-state index contributed by atoms with van der Waals surface area (Å²) < 4.78 is 0. The van der Waals surface area contributed by atoms with Crippen molar-refractivity contribution < 1.29 is 0 Å². The summed E-state index contributed by atoms with van der Waals surface area (Å²) in [7, 11) is 0. The largest absolute Gasteiger partial charge is 0.330 e. The summed E-state index contributed by atoms with van der Waals surface area (Å²) in [5, 5.41) is 4.63. The lowest BCUT2D eigenvalue weighted by atomic mass is 10.3. The first-order valence-corrected chi connectivity index (χ1v) is 6.53. The molecule has 0 unspecified atom stereocenters. The standard InChI is InChI=1S/C12H9ClN4S/c1-7-10-11(15-6-14-7)18-12(17-10)16-9-5-3-2-4-8(9)13/h2-6H,1H3,(H,16,17). The summed E-state index contributed by atoms with van der Waals surface area (Å²) in [6, 6.07) is 7.56. The Balaban J connectivity index is 2.01. The van der Waals surface area contributed by atoms with Crippen molar-refractivity contribution in [3.8, 4) is 0 Å². The second kappa shape index (κ2) is 4.51. The van der Waals surface area contributed by atoms with Crippen molar-refractivity contribution in [2.45, 2.75) is 6.92 Å². The van der Waals surface area contributed by atoms with Gasteiger partial charge in [0, 0.05) is 0 Å². The number of nitrogens with zero attached hydrogens (tertiary/aromatic N) is 3. The molecule has 18 heavy (non-hydrogen) atoms. The van der Waals surface area contributed by atoms with Gasteiger partial charge in [-0.15, -0.1) is 0 Å². The Morgan fingerprint density at radius 2 is 2.06 bits per heavy atom. The quantitative estimate of drug-likeness (QED) is 0.774. The molecule has 3 aromatic rings. The van der Waals surface area contributed by atoms with Crippen molar-refractivity contribution in [3.05, 3.63) is 41.3 Å². The van der Waals surface area contributed by atoms with Crippen LogP contribution < -0.4 is 5.32 Å². The molecular formula is C12H9ClN4S. The molecule has 6 heteroatoms. The molecule has 0 saturated carbocycles. The number of halogens is 1. The molecule has 0 spiro atoms. The van der Waals surface area contributed by atoms with Gasteiger partial charge in [0.15, 0.2) is 5.13 Å². The van der Waals surface area contributed by atoms with Gasteiger partial charge >= 0.3 is 0 Å². The van der Waals surface area contributed by atoms with E-state index in [4.69, 9.17) is 11.6 Å². The summed E-state index contributed by atoms with van der Waals surface area (Å²) in [6.45, 7) is 1.92. The highest BCUT2D eigenvalue weighted by Gasteiger charge is 2.08.